The summed E-state index contributed by atoms with van der Waals surface area (Å²) in [6, 6.07) is 5.38. The van der Waals surface area contributed by atoms with Crippen LogP contribution in [0.4, 0.5) is 11.5 Å². The number of hydrogen-bond acceptors (Lipinski definition) is 9. The summed E-state index contributed by atoms with van der Waals surface area (Å²) in [6.45, 7) is 0. The maximum atomic E-state index is 11.7. The number of aromatic nitrogens is 1. The van der Waals surface area contributed by atoms with Gasteiger partial charge in [0.05, 0.1) is 27.0 Å². The number of benzene rings is 1. The predicted molar refractivity (Wildman–Crippen MR) is 107 cm³/mol. The standard InChI is InChI=1S/C18H17N5O4S/c1-25-9-4-7(5-10(26-2)14(9)27-3)11-8(6-19)16(21)23-18-12(11)13(20)15(28-18)17(22)24/h4-5H,20H2,1-3H3,(H2,21,23)(H2,22,24). The van der Waals surface area contributed by atoms with Gasteiger partial charge in [0.1, 0.15) is 27.2 Å². The molecule has 0 radical (unpaired) electrons. The van der Waals surface area contributed by atoms with E-state index in [0.717, 1.165) is 11.3 Å². The van der Waals surface area contributed by atoms with E-state index in [9.17, 15) is 10.1 Å². The monoisotopic (exact) mass is 399 g/mol. The molecule has 0 aliphatic heterocycles. The number of nitrogens with zero attached hydrogens (tertiary/aromatic N) is 2. The molecule has 0 fully saturated rings. The Morgan fingerprint density at radius 2 is 1.75 bits per heavy atom. The molecular weight excluding hydrogens is 382 g/mol. The van der Waals surface area contributed by atoms with Crippen LogP contribution in [-0.2, 0) is 0 Å². The first-order chi connectivity index (χ1) is 13.4. The van der Waals surface area contributed by atoms with E-state index in [1.807, 2.05) is 0 Å². The smallest absolute Gasteiger partial charge is 0.260 e. The van der Waals surface area contributed by atoms with Crippen molar-refractivity contribution in [3.63, 3.8) is 0 Å². The number of hydrogen-bond donors (Lipinski definition) is 3. The topological polar surface area (TPSA) is 159 Å². The molecule has 2 heterocycles. The van der Waals surface area contributed by atoms with Crippen LogP contribution in [0.5, 0.6) is 17.2 Å². The number of fused-ring (bicyclic) bond motifs is 1. The minimum atomic E-state index is -0.687. The van der Waals surface area contributed by atoms with Crippen molar-refractivity contribution in [3.8, 4) is 34.4 Å². The lowest BCUT2D eigenvalue weighted by Crippen LogP contribution is -2.10. The van der Waals surface area contributed by atoms with E-state index in [1.54, 1.807) is 12.1 Å². The second kappa shape index (κ2) is 7.13. The molecule has 1 aromatic carbocycles. The Hall–Kier alpha value is -3.71. The quantitative estimate of drug-likeness (QED) is 0.588. The number of carbonyl (C=O) groups excluding carboxylic acids is 1. The van der Waals surface area contributed by atoms with Crippen molar-refractivity contribution in [3.05, 3.63) is 22.6 Å². The molecule has 1 amide bonds. The number of rotatable bonds is 5. The first kappa shape index (κ1) is 19.1. The molecule has 0 bridgehead atoms. The number of primary amides is 1. The van der Waals surface area contributed by atoms with Gasteiger partial charge in [0.2, 0.25) is 5.75 Å². The van der Waals surface area contributed by atoms with Crippen molar-refractivity contribution in [2.75, 3.05) is 32.8 Å². The minimum Gasteiger partial charge on any atom is -0.493 e. The molecule has 3 aromatic rings. The minimum absolute atomic E-state index is 0.0102. The summed E-state index contributed by atoms with van der Waals surface area (Å²) in [5.74, 6) is 0.479. The average Bonchev–Trinajstić information content (AvgIpc) is 3.01. The van der Waals surface area contributed by atoms with Crippen molar-refractivity contribution in [1.29, 1.82) is 5.26 Å². The van der Waals surface area contributed by atoms with E-state index >= 15 is 0 Å². The largest absolute Gasteiger partial charge is 0.493 e. The van der Waals surface area contributed by atoms with E-state index in [1.165, 1.54) is 21.3 Å². The fraction of sp³-hybridized carbons (Fsp3) is 0.167. The predicted octanol–water partition coefficient (Wildman–Crippen LogP) is 2.12. The first-order valence-corrected chi connectivity index (χ1v) is 8.71. The van der Waals surface area contributed by atoms with E-state index in [2.05, 4.69) is 11.1 Å². The number of methoxy groups -OCH3 is 3. The third-order valence-corrected chi connectivity index (χ3v) is 5.31. The number of amides is 1. The van der Waals surface area contributed by atoms with Gasteiger partial charge in [0.15, 0.2) is 11.5 Å². The van der Waals surface area contributed by atoms with Crippen molar-refractivity contribution in [2.24, 2.45) is 5.73 Å². The number of pyridine rings is 1. The van der Waals surface area contributed by atoms with Gasteiger partial charge in [-0.05, 0) is 17.7 Å². The Kier molecular flexibility index (Phi) is 4.85. The summed E-state index contributed by atoms with van der Waals surface area (Å²) in [5.41, 5.74) is 18.8. The van der Waals surface area contributed by atoms with Gasteiger partial charge in [-0.1, -0.05) is 0 Å². The lowest BCUT2D eigenvalue weighted by Gasteiger charge is -2.16. The molecule has 0 aliphatic carbocycles. The summed E-state index contributed by atoms with van der Waals surface area (Å²) in [5, 5.41) is 10.1. The number of anilines is 2. The molecule has 3 rings (SSSR count). The Labute approximate surface area is 164 Å². The number of nitriles is 1. The summed E-state index contributed by atoms with van der Waals surface area (Å²) in [4.78, 5) is 16.5. The van der Waals surface area contributed by atoms with E-state index in [0.29, 0.717) is 38.6 Å². The molecule has 0 atom stereocenters. The van der Waals surface area contributed by atoms with E-state index in [-0.39, 0.29) is 21.9 Å². The van der Waals surface area contributed by atoms with E-state index < -0.39 is 5.91 Å². The fourth-order valence-corrected chi connectivity index (χ4v) is 3.94. The van der Waals surface area contributed by atoms with Crippen LogP contribution in [-0.4, -0.2) is 32.2 Å². The van der Waals surface area contributed by atoms with Crippen LogP contribution < -0.4 is 31.4 Å². The Morgan fingerprint density at radius 1 is 1.14 bits per heavy atom. The number of ether oxygens (including phenoxy) is 3. The van der Waals surface area contributed by atoms with Gasteiger partial charge < -0.3 is 31.4 Å². The lowest BCUT2D eigenvalue weighted by molar-refractivity contribution is 0.100. The fourth-order valence-electron chi connectivity index (χ4n) is 2.98. The van der Waals surface area contributed by atoms with Crippen LogP contribution in [0.3, 0.4) is 0 Å². The summed E-state index contributed by atoms with van der Waals surface area (Å²) < 4.78 is 16.1. The first-order valence-electron chi connectivity index (χ1n) is 7.89. The maximum Gasteiger partial charge on any atom is 0.260 e. The van der Waals surface area contributed by atoms with Gasteiger partial charge in [-0.3, -0.25) is 4.79 Å². The highest BCUT2D eigenvalue weighted by Crippen LogP contribution is 2.47. The summed E-state index contributed by atoms with van der Waals surface area (Å²) in [7, 11) is 4.44. The Bertz CT molecular complexity index is 1120. The van der Waals surface area contributed by atoms with Gasteiger partial charge in [0.25, 0.3) is 5.91 Å². The third kappa shape index (κ3) is 2.78. The van der Waals surface area contributed by atoms with E-state index in [4.69, 9.17) is 31.4 Å². The molecule has 9 nitrogen and oxygen atoms in total. The Balaban J connectivity index is 2.49. The van der Waals surface area contributed by atoms with Gasteiger partial charge >= 0.3 is 0 Å². The third-order valence-electron chi connectivity index (χ3n) is 4.19. The van der Waals surface area contributed by atoms with Gasteiger partial charge in [-0.2, -0.15) is 5.26 Å². The van der Waals surface area contributed by atoms with Gasteiger partial charge in [-0.25, -0.2) is 4.98 Å². The highest BCUT2D eigenvalue weighted by molar-refractivity contribution is 7.21. The molecule has 6 N–H and O–H groups in total. The molecule has 2 aromatic heterocycles. The highest BCUT2D eigenvalue weighted by atomic mass is 32.1. The second-order valence-electron chi connectivity index (χ2n) is 5.66. The lowest BCUT2D eigenvalue weighted by atomic mass is 9.96. The van der Waals surface area contributed by atoms with Crippen LogP contribution >= 0.6 is 11.3 Å². The molecule has 144 valence electrons. The normalized spacial score (nSPS) is 10.5. The van der Waals surface area contributed by atoms with Crippen LogP contribution in [0.1, 0.15) is 15.2 Å². The Morgan fingerprint density at radius 3 is 2.21 bits per heavy atom. The number of carbonyl (C=O) groups is 1. The number of thiophene rings is 1. The summed E-state index contributed by atoms with van der Waals surface area (Å²) in [6.07, 6.45) is 0. The van der Waals surface area contributed by atoms with Crippen molar-refractivity contribution < 1.29 is 19.0 Å². The van der Waals surface area contributed by atoms with Crippen LogP contribution in [0.15, 0.2) is 12.1 Å². The molecule has 0 saturated heterocycles. The average molecular weight is 399 g/mol. The van der Waals surface area contributed by atoms with Crippen LogP contribution in [0, 0.1) is 11.3 Å². The molecule has 0 unspecified atom stereocenters. The zero-order valence-electron chi connectivity index (χ0n) is 15.3. The molecule has 0 spiro atoms. The van der Waals surface area contributed by atoms with Crippen molar-refractivity contribution in [2.45, 2.75) is 0 Å². The molecular formula is C18H17N5O4S. The zero-order chi connectivity index (χ0) is 20.6. The summed E-state index contributed by atoms with van der Waals surface area (Å²) >= 11 is 1.01. The molecule has 10 heteroatoms. The van der Waals surface area contributed by atoms with Crippen LogP contribution in [0.2, 0.25) is 0 Å². The molecule has 0 aliphatic rings. The number of nitrogen functional groups attached to an aromatic ring is 2. The van der Waals surface area contributed by atoms with Crippen LogP contribution in [0.25, 0.3) is 21.3 Å². The van der Waals surface area contributed by atoms with Crippen molar-refractivity contribution >= 4 is 39.0 Å². The SMILES string of the molecule is COc1cc(-c2c(C#N)c(N)nc3sc(C(N)=O)c(N)c23)cc(OC)c1OC. The molecule has 28 heavy (non-hydrogen) atoms. The van der Waals surface area contributed by atoms with Crippen molar-refractivity contribution in [1.82, 2.24) is 4.98 Å². The second-order valence-corrected chi connectivity index (χ2v) is 6.66. The maximum absolute atomic E-state index is 11.7. The van der Waals surface area contributed by atoms with Gasteiger partial charge in [0, 0.05) is 10.9 Å². The zero-order valence-corrected chi connectivity index (χ0v) is 16.1. The van der Waals surface area contributed by atoms with Gasteiger partial charge in [-0.15, -0.1) is 11.3 Å². The highest BCUT2D eigenvalue weighted by Gasteiger charge is 2.25. The molecule has 0 saturated carbocycles. The number of nitrogens with two attached hydrogens (primary N) is 3.